The van der Waals surface area contributed by atoms with Crippen molar-refractivity contribution < 1.29 is 9.53 Å². The topological polar surface area (TPSA) is 29.5 Å². The maximum Gasteiger partial charge on any atom is 0.162 e. The number of fused-ring (bicyclic) bond motifs is 1. The Labute approximate surface area is 80.9 Å². The van der Waals surface area contributed by atoms with Gasteiger partial charge in [0.2, 0.25) is 0 Å². The van der Waals surface area contributed by atoms with Crippen LogP contribution in [0.15, 0.2) is 18.2 Å². The van der Waals surface area contributed by atoms with Gasteiger partial charge in [0.15, 0.2) is 6.73 Å². The first-order chi connectivity index (χ1) is 6.31. The fourth-order valence-corrected chi connectivity index (χ4v) is 1.48. The van der Waals surface area contributed by atoms with Crippen LogP contribution in [0.25, 0.3) is 0 Å². The molecule has 1 aromatic carbocycles. The summed E-state index contributed by atoms with van der Waals surface area (Å²) in [5.74, 6) is 0.784. The number of anilines is 1. The Morgan fingerprint density at radius 3 is 3.23 bits per heavy atom. The molecule has 0 radical (unpaired) electrons. The van der Waals surface area contributed by atoms with Gasteiger partial charge in [-0.3, -0.25) is 0 Å². The van der Waals surface area contributed by atoms with E-state index >= 15 is 0 Å². The Bertz CT molecular complexity index is 340. The SMILES string of the molecule is O=CCN1COc2ccc(Cl)cc21. The second kappa shape index (κ2) is 3.26. The third kappa shape index (κ3) is 1.47. The Morgan fingerprint density at radius 2 is 2.46 bits per heavy atom. The molecule has 4 heteroatoms. The Balaban J connectivity index is 2.34. The van der Waals surface area contributed by atoms with Crippen molar-refractivity contribution in [3.8, 4) is 5.75 Å². The number of ether oxygens (including phenoxy) is 1. The van der Waals surface area contributed by atoms with Crippen LogP contribution in [0.4, 0.5) is 5.69 Å². The Kier molecular flexibility index (Phi) is 2.10. The van der Waals surface area contributed by atoms with Crippen LogP contribution in [0.5, 0.6) is 5.75 Å². The van der Waals surface area contributed by atoms with Gasteiger partial charge in [-0.2, -0.15) is 0 Å². The molecule has 0 atom stereocenters. The monoisotopic (exact) mass is 197 g/mol. The van der Waals surface area contributed by atoms with Crippen LogP contribution in [-0.4, -0.2) is 19.6 Å². The number of hydrogen-bond donors (Lipinski definition) is 0. The van der Waals surface area contributed by atoms with E-state index in [4.69, 9.17) is 16.3 Å². The van der Waals surface area contributed by atoms with E-state index in [1.807, 2.05) is 11.0 Å². The lowest BCUT2D eigenvalue weighted by Crippen LogP contribution is -2.23. The lowest BCUT2D eigenvalue weighted by Gasteiger charge is -2.11. The largest absolute Gasteiger partial charge is 0.471 e. The minimum atomic E-state index is 0.341. The van der Waals surface area contributed by atoms with Crippen LogP contribution in [-0.2, 0) is 4.79 Å². The molecule has 0 N–H and O–H groups in total. The molecule has 1 heterocycles. The molecule has 0 aliphatic carbocycles. The molecule has 1 aliphatic rings. The molecular formula is C9H8ClNO2. The molecule has 2 rings (SSSR count). The van der Waals surface area contributed by atoms with Crippen LogP contribution in [0.3, 0.4) is 0 Å². The molecule has 0 fully saturated rings. The van der Waals surface area contributed by atoms with E-state index in [1.54, 1.807) is 12.1 Å². The maximum atomic E-state index is 10.3. The van der Waals surface area contributed by atoms with Crippen molar-refractivity contribution in [2.24, 2.45) is 0 Å². The zero-order valence-corrected chi connectivity index (χ0v) is 7.62. The second-order valence-corrected chi connectivity index (χ2v) is 3.21. The third-order valence-electron chi connectivity index (χ3n) is 1.93. The molecule has 3 nitrogen and oxygen atoms in total. The molecule has 0 spiro atoms. The molecule has 0 bridgehead atoms. The van der Waals surface area contributed by atoms with Crippen LogP contribution < -0.4 is 9.64 Å². The van der Waals surface area contributed by atoms with Crippen molar-refractivity contribution in [1.29, 1.82) is 0 Å². The second-order valence-electron chi connectivity index (χ2n) is 2.77. The molecule has 13 heavy (non-hydrogen) atoms. The first kappa shape index (κ1) is 8.38. The average Bonchev–Trinajstić information content (AvgIpc) is 2.49. The predicted molar refractivity (Wildman–Crippen MR) is 50.4 cm³/mol. The van der Waals surface area contributed by atoms with Gasteiger partial charge in [0.25, 0.3) is 0 Å². The Hall–Kier alpha value is -1.22. The van der Waals surface area contributed by atoms with Gasteiger partial charge in [-0.15, -0.1) is 0 Å². The molecule has 0 saturated heterocycles. The lowest BCUT2D eigenvalue weighted by molar-refractivity contribution is -0.106. The number of carbonyl (C=O) groups is 1. The van der Waals surface area contributed by atoms with Gasteiger partial charge in [0, 0.05) is 5.02 Å². The lowest BCUT2D eigenvalue weighted by atomic mass is 10.3. The summed E-state index contributed by atoms with van der Waals surface area (Å²) in [6.45, 7) is 0.766. The van der Waals surface area contributed by atoms with Crippen LogP contribution >= 0.6 is 11.6 Å². The van der Waals surface area contributed by atoms with Crippen molar-refractivity contribution in [3.05, 3.63) is 23.2 Å². The molecule has 0 amide bonds. The summed E-state index contributed by atoms with van der Waals surface area (Å²) < 4.78 is 5.33. The zero-order chi connectivity index (χ0) is 9.26. The summed E-state index contributed by atoms with van der Waals surface area (Å²) in [4.78, 5) is 12.2. The van der Waals surface area contributed by atoms with Crippen LogP contribution in [0.1, 0.15) is 0 Å². The molecule has 1 aliphatic heterocycles. The molecule has 1 aromatic rings. The molecular weight excluding hydrogens is 190 g/mol. The highest BCUT2D eigenvalue weighted by Crippen LogP contribution is 2.35. The van der Waals surface area contributed by atoms with Gasteiger partial charge in [0.1, 0.15) is 12.0 Å². The molecule has 0 saturated carbocycles. The fraction of sp³-hybridized carbons (Fsp3) is 0.222. The van der Waals surface area contributed by atoms with E-state index in [9.17, 15) is 4.79 Å². The molecule has 68 valence electrons. The van der Waals surface area contributed by atoms with E-state index in [-0.39, 0.29) is 0 Å². The predicted octanol–water partition coefficient (Wildman–Crippen LogP) is 1.70. The van der Waals surface area contributed by atoms with E-state index in [1.165, 1.54) is 0 Å². The number of nitrogens with zero attached hydrogens (tertiary/aromatic N) is 1. The quantitative estimate of drug-likeness (QED) is 0.676. The summed E-state index contributed by atoms with van der Waals surface area (Å²) >= 11 is 5.82. The van der Waals surface area contributed by atoms with Crippen molar-refractivity contribution in [2.75, 3.05) is 18.2 Å². The summed E-state index contributed by atoms with van der Waals surface area (Å²) in [6.07, 6.45) is 0.847. The number of hydrogen-bond acceptors (Lipinski definition) is 3. The highest BCUT2D eigenvalue weighted by atomic mass is 35.5. The molecule has 0 unspecified atom stereocenters. The minimum Gasteiger partial charge on any atom is -0.471 e. The van der Waals surface area contributed by atoms with Gasteiger partial charge in [-0.25, -0.2) is 0 Å². The first-order valence-electron chi connectivity index (χ1n) is 3.92. The van der Waals surface area contributed by atoms with Gasteiger partial charge >= 0.3 is 0 Å². The number of halogens is 1. The standard InChI is InChI=1S/C9H8ClNO2/c10-7-1-2-9-8(5-7)11(3-4-12)6-13-9/h1-2,4-5H,3,6H2. The smallest absolute Gasteiger partial charge is 0.162 e. The van der Waals surface area contributed by atoms with Crippen molar-refractivity contribution >= 4 is 23.6 Å². The number of aldehydes is 1. The zero-order valence-electron chi connectivity index (χ0n) is 6.87. The van der Waals surface area contributed by atoms with E-state index in [0.29, 0.717) is 18.3 Å². The Morgan fingerprint density at radius 1 is 1.62 bits per heavy atom. The third-order valence-corrected chi connectivity index (χ3v) is 2.17. The van der Waals surface area contributed by atoms with Gasteiger partial charge in [-0.05, 0) is 18.2 Å². The van der Waals surface area contributed by atoms with Crippen LogP contribution in [0, 0.1) is 0 Å². The van der Waals surface area contributed by atoms with E-state index < -0.39 is 0 Å². The van der Waals surface area contributed by atoms with Crippen LogP contribution in [0.2, 0.25) is 5.02 Å². The van der Waals surface area contributed by atoms with E-state index in [0.717, 1.165) is 17.7 Å². The fourth-order valence-electron chi connectivity index (χ4n) is 1.32. The summed E-state index contributed by atoms with van der Waals surface area (Å²) in [7, 11) is 0. The van der Waals surface area contributed by atoms with Gasteiger partial charge < -0.3 is 14.4 Å². The van der Waals surface area contributed by atoms with Crippen molar-refractivity contribution in [3.63, 3.8) is 0 Å². The summed E-state index contributed by atoms with van der Waals surface area (Å²) in [5, 5.41) is 0.653. The van der Waals surface area contributed by atoms with Gasteiger partial charge in [0.05, 0.1) is 12.2 Å². The molecule has 0 aromatic heterocycles. The van der Waals surface area contributed by atoms with Gasteiger partial charge in [-0.1, -0.05) is 11.6 Å². The van der Waals surface area contributed by atoms with Crippen molar-refractivity contribution in [2.45, 2.75) is 0 Å². The minimum absolute atomic E-state index is 0.341. The highest BCUT2D eigenvalue weighted by Gasteiger charge is 2.19. The number of rotatable bonds is 2. The first-order valence-corrected chi connectivity index (χ1v) is 4.30. The maximum absolute atomic E-state index is 10.3. The van der Waals surface area contributed by atoms with Crippen molar-refractivity contribution in [1.82, 2.24) is 0 Å². The summed E-state index contributed by atoms with van der Waals surface area (Å²) in [6, 6.07) is 5.38. The number of carbonyl (C=O) groups excluding carboxylic acids is 1. The van der Waals surface area contributed by atoms with E-state index in [2.05, 4.69) is 0 Å². The highest BCUT2D eigenvalue weighted by molar-refractivity contribution is 6.31. The number of benzene rings is 1. The summed E-state index contributed by atoms with van der Waals surface area (Å²) in [5.41, 5.74) is 0.889. The normalized spacial score (nSPS) is 13.8. The average molecular weight is 198 g/mol.